The monoisotopic (exact) mass is 368 g/mol. The molecule has 1 aromatic carbocycles. The van der Waals surface area contributed by atoms with E-state index in [0.717, 1.165) is 5.56 Å². The predicted molar refractivity (Wildman–Crippen MR) is 94.8 cm³/mol. The minimum absolute atomic E-state index is 0.0264. The molecule has 3 amide bonds. The van der Waals surface area contributed by atoms with Gasteiger partial charge < -0.3 is 10.6 Å². The minimum atomic E-state index is -0.779. The van der Waals surface area contributed by atoms with Gasteiger partial charge in [0.1, 0.15) is 17.7 Å². The molecular weight excluding hydrogens is 351 g/mol. The van der Waals surface area contributed by atoms with E-state index in [1.165, 1.54) is 11.0 Å². The Hall–Kier alpha value is -3.29. The maximum Gasteiger partial charge on any atom is 0.255 e. The minimum Gasteiger partial charge on any atom is -0.384 e. The summed E-state index contributed by atoms with van der Waals surface area (Å²) in [5.74, 6) is -1.57. The van der Waals surface area contributed by atoms with Crippen molar-refractivity contribution in [2.24, 2.45) is 0 Å². The van der Waals surface area contributed by atoms with Crippen molar-refractivity contribution in [2.45, 2.75) is 32.4 Å². The number of hydrogen-bond acceptors (Lipinski definition) is 5. The molecular formula is C19H17FN4O3. The van der Waals surface area contributed by atoms with Gasteiger partial charge in [-0.3, -0.25) is 19.7 Å². The molecule has 8 heteroatoms. The number of carbonyl (C=O) groups excluding carboxylic acids is 3. The highest BCUT2D eigenvalue weighted by Crippen LogP contribution is 2.34. The van der Waals surface area contributed by atoms with Crippen LogP contribution < -0.4 is 11.1 Å². The van der Waals surface area contributed by atoms with Crippen LogP contribution in [-0.4, -0.2) is 33.6 Å². The molecule has 0 aliphatic carbocycles. The SMILES string of the molecule is Cc1cc(N)nc(-c2ccc3c(c2F)CN(C2CCC(=O)NC2=O)C3=O)c1. The third kappa shape index (κ3) is 2.83. The number of amides is 3. The fraction of sp³-hybridized carbons (Fsp3) is 0.263. The second-order valence-corrected chi connectivity index (χ2v) is 6.81. The number of imide groups is 1. The number of fused-ring (bicyclic) bond motifs is 1. The maximum absolute atomic E-state index is 15.2. The molecule has 2 aromatic rings. The van der Waals surface area contributed by atoms with E-state index in [1.54, 1.807) is 18.2 Å². The number of hydrogen-bond donors (Lipinski definition) is 2. The summed E-state index contributed by atoms with van der Waals surface area (Å²) in [7, 11) is 0. The molecule has 3 heterocycles. The molecule has 0 bridgehead atoms. The Bertz CT molecular complexity index is 984. The van der Waals surface area contributed by atoms with Gasteiger partial charge >= 0.3 is 0 Å². The second kappa shape index (κ2) is 6.15. The van der Waals surface area contributed by atoms with E-state index in [0.29, 0.717) is 5.69 Å². The molecule has 4 rings (SSSR count). The number of nitrogens with zero attached hydrogens (tertiary/aromatic N) is 2. The number of carbonyl (C=O) groups is 3. The normalized spacial score (nSPS) is 19.3. The first-order valence-electron chi connectivity index (χ1n) is 8.55. The number of pyridine rings is 1. The van der Waals surface area contributed by atoms with E-state index in [-0.39, 0.29) is 47.8 Å². The summed E-state index contributed by atoms with van der Waals surface area (Å²) in [4.78, 5) is 41.6. The fourth-order valence-electron chi connectivity index (χ4n) is 3.63. The number of rotatable bonds is 2. The highest BCUT2D eigenvalue weighted by molar-refractivity contribution is 6.05. The van der Waals surface area contributed by atoms with Crippen LogP contribution in [-0.2, 0) is 16.1 Å². The van der Waals surface area contributed by atoms with Gasteiger partial charge in [-0.15, -0.1) is 0 Å². The number of nitrogens with two attached hydrogens (primary N) is 1. The number of nitrogens with one attached hydrogen (secondary N) is 1. The van der Waals surface area contributed by atoms with E-state index >= 15 is 4.39 Å². The van der Waals surface area contributed by atoms with Crippen LogP contribution in [0.4, 0.5) is 10.2 Å². The lowest BCUT2D eigenvalue weighted by Crippen LogP contribution is -2.52. The molecule has 2 aliphatic rings. The van der Waals surface area contributed by atoms with Gasteiger partial charge in [-0.1, -0.05) is 0 Å². The molecule has 2 aliphatic heterocycles. The van der Waals surface area contributed by atoms with E-state index < -0.39 is 23.7 Å². The van der Waals surface area contributed by atoms with Crippen molar-refractivity contribution in [1.82, 2.24) is 15.2 Å². The second-order valence-electron chi connectivity index (χ2n) is 6.81. The molecule has 1 atom stereocenters. The molecule has 27 heavy (non-hydrogen) atoms. The summed E-state index contributed by atoms with van der Waals surface area (Å²) in [5, 5.41) is 2.23. The number of halogens is 1. The first-order valence-corrected chi connectivity index (χ1v) is 8.55. The predicted octanol–water partition coefficient (Wildman–Crippen LogP) is 1.54. The first kappa shape index (κ1) is 17.1. The summed E-state index contributed by atoms with van der Waals surface area (Å²) < 4.78 is 15.2. The number of benzene rings is 1. The molecule has 1 unspecified atom stereocenters. The van der Waals surface area contributed by atoms with Crippen molar-refractivity contribution < 1.29 is 18.8 Å². The summed E-state index contributed by atoms with van der Waals surface area (Å²) >= 11 is 0. The lowest BCUT2D eigenvalue weighted by molar-refractivity contribution is -0.136. The van der Waals surface area contributed by atoms with Gasteiger partial charge in [0.15, 0.2) is 0 Å². The fourth-order valence-corrected chi connectivity index (χ4v) is 3.63. The standard InChI is InChI=1S/C19H17FN4O3/c1-9-6-13(22-15(21)7-9)11-3-2-10-12(17(11)20)8-24(19(10)27)14-4-5-16(25)23-18(14)26/h2-3,6-7,14H,4-5,8H2,1H3,(H2,21,22)(H,23,25,26). The van der Waals surface area contributed by atoms with Crippen LogP contribution in [0.5, 0.6) is 0 Å². The number of aryl methyl sites for hydroxylation is 1. The smallest absolute Gasteiger partial charge is 0.255 e. The van der Waals surface area contributed by atoms with Gasteiger partial charge in [-0.25, -0.2) is 9.37 Å². The van der Waals surface area contributed by atoms with Crippen molar-refractivity contribution in [3.63, 3.8) is 0 Å². The Morgan fingerprint density at radius 3 is 2.67 bits per heavy atom. The average Bonchev–Trinajstić information content (AvgIpc) is 2.92. The lowest BCUT2D eigenvalue weighted by Gasteiger charge is -2.29. The van der Waals surface area contributed by atoms with Gasteiger partial charge in [0.2, 0.25) is 11.8 Å². The Labute approximate surface area is 154 Å². The maximum atomic E-state index is 15.2. The van der Waals surface area contributed by atoms with Crippen molar-refractivity contribution >= 4 is 23.5 Å². The van der Waals surface area contributed by atoms with E-state index in [2.05, 4.69) is 10.3 Å². The van der Waals surface area contributed by atoms with Crippen LogP contribution in [0.3, 0.4) is 0 Å². The molecule has 138 valence electrons. The molecule has 0 radical (unpaired) electrons. The molecule has 0 spiro atoms. The number of piperidine rings is 1. The number of anilines is 1. The highest BCUT2D eigenvalue weighted by atomic mass is 19.1. The largest absolute Gasteiger partial charge is 0.384 e. The van der Waals surface area contributed by atoms with E-state index in [9.17, 15) is 14.4 Å². The van der Waals surface area contributed by atoms with Gasteiger partial charge in [-0.2, -0.15) is 0 Å². The molecule has 1 aromatic heterocycles. The highest BCUT2D eigenvalue weighted by Gasteiger charge is 2.40. The zero-order chi connectivity index (χ0) is 19.3. The third-order valence-electron chi connectivity index (χ3n) is 4.91. The van der Waals surface area contributed by atoms with Crippen LogP contribution in [0, 0.1) is 12.7 Å². The average molecular weight is 368 g/mol. The van der Waals surface area contributed by atoms with Gasteiger partial charge in [0, 0.05) is 23.1 Å². The Morgan fingerprint density at radius 2 is 1.96 bits per heavy atom. The molecule has 7 nitrogen and oxygen atoms in total. The van der Waals surface area contributed by atoms with Crippen molar-refractivity contribution in [3.8, 4) is 11.3 Å². The molecule has 1 fully saturated rings. The molecule has 3 N–H and O–H groups in total. The quantitative estimate of drug-likeness (QED) is 0.782. The molecule has 0 saturated carbocycles. The number of aromatic nitrogens is 1. The Kier molecular flexibility index (Phi) is 3.91. The van der Waals surface area contributed by atoms with Crippen molar-refractivity contribution in [2.75, 3.05) is 5.73 Å². The van der Waals surface area contributed by atoms with Crippen LogP contribution in [0.2, 0.25) is 0 Å². The van der Waals surface area contributed by atoms with Gasteiger partial charge in [0.25, 0.3) is 5.91 Å². The zero-order valence-corrected chi connectivity index (χ0v) is 14.6. The molecule has 1 saturated heterocycles. The zero-order valence-electron chi connectivity index (χ0n) is 14.6. The van der Waals surface area contributed by atoms with Crippen LogP contribution in [0.1, 0.15) is 34.3 Å². The number of nitrogen functional groups attached to an aromatic ring is 1. The first-order chi connectivity index (χ1) is 12.8. The summed E-state index contributed by atoms with van der Waals surface area (Å²) in [6.07, 6.45) is 0.381. The van der Waals surface area contributed by atoms with Gasteiger partial charge in [-0.05, 0) is 43.2 Å². The van der Waals surface area contributed by atoms with Gasteiger partial charge in [0.05, 0.1) is 12.2 Å². The summed E-state index contributed by atoms with van der Waals surface area (Å²) in [6, 6.07) is 5.67. The Morgan fingerprint density at radius 1 is 1.22 bits per heavy atom. The topological polar surface area (TPSA) is 105 Å². The van der Waals surface area contributed by atoms with Crippen LogP contribution in [0.15, 0.2) is 24.3 Å². The summed E-state index contributed by atoms with van der Waals surface area (Å²) in [6.45, 7) is 1.81. The van der Waals surface area contributed by atoms with Crippen molar-refractivity contribution in [1.29, 1.82) is 0 Å². The van der Waals surface area contributed by atoms with Crippen molar-refractivity contribution in [3.05, 3.63) is 46.8 Å². The van der Waals surface area contributed by atoms with E-state index in [1.807, 2.05) is 6.92 Å². The van der Waals surface area contributed by atoms with E-state index in [4.69, 9.17) is 5.73 Å². The Balaban J connectivity index is 1.71. The lowest BCUT2D eigenvalue weighted by atomic mass is 10.0. The van der Waals surface area contributed by atoms with Crippen LogP contribution in [0.25, 0.3) is 11.3 Å². The third-order valence-corrected chi connectivity index (χ3v) is 4.91. The summed E-state index contributed by atoms with van der Waals surface area (Å²) in [5.41, 5.74) is 7.70. The van der Waals surface area contributed by atoms with Crippen LogP contribution >= 0.6 is 0 Å².